The maximum atomic E-state index is 13.5. The normalized spacial score (nSPS) is 14.6. The van der Waals surface area contributed by atoms with Crippen LogP contribution >= 0.6 is 11.6 Å². The number of anilines is 3. The second kappa shape index (κ2) is 8.68. The van der Waals surface area contributed by atoms with Crippen LogP contribution < -0.4 is 15.8 Å². The molecule has 0 bridgehead atoms. The van der Waals surface area contributed by atoms with E-state index in [-0.39, 0.29) is 5.56 Å². The molecule has 1 fully saturated rings. The van der Waals surface area contributed by atoms with Crippen LogP contribution in [0.15, 0.2) is 71.9 Å². The van der Waals surface area contributed by atoms with E-state index in [1.165, 1.54) is 4.57 Å². The van der Waals surface area contributed by atoms with Crippen molar-refractivity contribution in [2.45, 2.75) is 0 Å². The number of piperazine rings is 1. The average Bonchev–Trinajstić information content (AvgIpc) is 3.36. The predicted octanol–water partition coefficient (Wildman–Crippen LogP) is 3.58. The molecule has 5 aromatic rings. The summed E-state index contributed by atoms with van der Waals surface area (Å²) < 4.78 is 3.27. The number of imidazole rings is 1. The van der Waals surface area contributed by atoms with Gasteiger partial charge in [-0.25, -0.2) is 14.5 Å². The van der Waals surface area contributed by atoms with Gasteiger partial charge in [0.1, 0.15) is 5.39 Å². The lowest BCUT2D eigenvalue weighted by molar-refractivity contribution is 0.313. The summed E-state index contributed by atoms with van der Waals surface area (Å²) in [6, 6.07) is 15.3. The van der Waals surface area contributed by atoms with Crippen molar-refractivity contribution >= 4 is 45.7 Å². The largest absolute Gasteiger partial charge is 0.367 e. The molecule has 176 valence electrons. The van der Waals surface area contributed by atoms with Crippen LogP contribution in [-0.2, 0) is 0 Å². The van der Waals surface area contributed by atoms with Crippen LogP contribution in [0.3, 0.4) is 0 Å². The third kappa shape index (κ3) is 3.78. The Labute approximate surface area is 206 Å². The zero-order chi connectivity index (χ0) is 23.9. The maximum absolute atomic E-state index is 13.5. The Balaban J connectivity index is 1.44. The summed E-state index contributed by atoms with van der Waals surface area (Å²) in [5.74, 6) is 0.835. The van der Waals surface area contributed by atoms with Crippen LogP contribution in [0.5, 0.6) is 0 Å². The van der Waals surface area contributed by atoms with Crippen molar-refractivity contribution in [1.82, 2.24) is 28.8 Å². The van der Waals surface area contributed by atoms with Crippen molar-refractivity contribution in [2.75, 3.05) is 43.4 Å². The van der Waals surface area contributed by atoms with Crippen LogP contribution in [0.2, 0.25) is 5.02 Å². The van der Waals surface area contributed by atoms with E-state index < -0.39 is 0 Å². The highest BCUT2D eigenvalue weighted by Crippen LogP contribution is 2.29. The molecular formula is C25H23ClN8O. The summed E-state index contributed by atoms with van der Waals surface area (Å²) in [5.41, 5.74) is 2.77. The van der Waals surface area contributed by atoms with E-state index >= 15 is 0 Å². The molecule has 9 nitrogen and oxygen atoms in total. The van der Waals surface area contributed by atoms with Gasteiger partial charge in [0, 0.05) is 44.8 Å². The molecule has 1 saturated heterocycles. The number of para-hydroxylation sites is 3. The number of nitrogens with zero attached hydrogens (tertiary/aromatic N) is 7. The van der Waals surface area contributed by atoms with Gasteiger partial charge in [-0.3, -0.25) is 9.20 Å². The van der Waals surface area contributed by atoms with Crippen LogP contribution in [0.4, 0.5) is 17.3 Å². The van der Waals surface area contributed by atoms with Crippen molar-refractivity contribution in [1.29, 1.82) is 0 Å². The summed E-state index contributed by atoms with van der Waals surface area (Å²) in [4.78, 5) is 31.8. The molecule has 2 aromatic carbocycles. The van der Waals surface area contributed by atoms with E-state index in [1.807, 2.05) is 30.3 Å². The van der Waals surface area contributed by atoms with E-state index in [1.54, 1.807) is 35.1 Å². The lowest BCUT2D eigenvalue weighted by Crippen LogP contribution is -2.44. The van der Waals surface area contributed by atoms with Crippen LogP contribution in [0.25, 0.3) is 22.5 Å². The average molecular weight is 487 g/mol. The summed E-state index contributed by atoms with van der Waals surface area (Å²) in [6.07, 6.45) is 4.97. The third-order valence-corrected chi connectivity index (χ3v) is 6.66. The molecule has 0 unspecified atom stereocenters. The minimum absolute atomic E-state index is 0.281. The van der Waals surface area contributed by atoms with E-state index in [0.717, 1.165) is 37.6 Å². The number of hydrogen-bond donors (Lipinski definition) is 1. The van der Waals surface area contributed by atoms with Gasteiger partial charge < -0.3 is 15.1 Å². The van der Waals surface area contributed by atoms with Gasteiger partial charge in [-0.05, 0) is 31.3 Å². The van der Waals surface area contributed by atoms with Gasteiger partial charge in [0.15, 0.2) is 5.65 Å². The first-order valence-electron chi connectivity index (χ1n) is 11.4. The zero-order valence-corrected chi connectivity index (χ0v) is 19.9. The first-order valence-corrected chi connectivity index (χ1v) is 11.8. The summed E-state index contributed by atoms with van der Waals surface area (Å²) in [7, 11) is 2.14. The van der Waals surface area contributed by atoms with Crippen molar-refractivity contribution in [3.05, 3.63) is 82.5 Å². The second-order valence-corrected chi connectivity index (χ2v) is 8.96. The molecule has 35 heavy (non-hydrogen) atoms. The van der Waals surface area contributed by atoms with Crippen LogP contribution in [-0.4, -0.2) is 62.0 Å². The van der Waals surface area contributed by atoms with Crippen molar-refractivity contribution in [3.63, 3.8) is 0 Å². The Hall–Kier alpha value is -3.95. The minimum Gasteiger partial charge on any atom is -0.367 e. The van der Waals surface area contributed by atoms with Crippen molar-refractivity contribution in [2.24, 2.45) is 0 Å². The topological polar surface area (TPSA) is 83.6 Å². The predicted molar refractivity (Wildman–Crippen MR) is 138 cm³/mol. The fourth-order valence-corrected chi connectivity index (χ4v) is 4.70. The Morgan fingerprint density at radius 2 is 1.69 bits per heavy atom. The first kappa shape index (κ1) is 21.6. The molecule has 1 aliphatic rings. The molecule has 0 saturated carbocycles. The molecule has 0 amide bonds. The van der Waals surface area contributed by atoms with Gasteiger partial charge in [-0.15, -0.1) is 0 Å². The molecule has 0 spiro atoms. The molecule has 4 heterocycles. The molecule has 3 aromatic heterocycles. The van der Waals surface area contributed by atoms with Gasteiger partial charge >= 0.3 is 0 Å². The van der Waals surface area contributed by atoms with Crippen molar-refractivity contribution in [3.8, 4) is 5.69 Å². The Morgan fingerprint density at radius 3 is 2.49 bits per heavy atom. The monoisotopic (exact) mass is 486 g/mol. The number of aromatic nitrogens is 5. The number of likely N-dealkylation sites (N-methyl/N-ethyl adjacent to an activating group) is 1. The highest BCUT2D eigenvalue weighted by Gasteiger charge is 2.19. The highest BCUT2D eigenvalue weighted by atomic mass is 35.5. The van der Waals surface area contributed by atoms with Gasteiger partial charge in [-0.2, -0.15) is 4.98 Å². The Bertz CT molecular complexity index is 1600. The quantitative estimate of drug-likeness (QED) is 0.415. The van der Waals surface area contributed by atoms with Crippen molar-refractivity contribution < 1.29 is 0 Å². The molecule has 1 aliphatic heterocycles. The number of nitrogens with one attached hydrogen (secondary N) is 1. The summed E-state index contributed by atoms with van der Waals surface area (Å²) in [6.45, 7) is 3.92. The maximum Gasteiger partial charge on any atom is 0.270 e. The number of halogens is 1. The third-order valence-electron chi connectivity index (χ3n) is 6.34. The zero-order valence-electron chi connectivity index (χ0n) is 19.1. The van der Waals surface area contributed by atoms with Crippen LogP contribution in [0, 0.1) is 0 Å². The standard InChI is InChI=1S/C25H23ClN8O/c1-31-12-14-32(15-13-31)21-9-5-3-7-19(21)29-24-28-16-17-22(30-24)33-11-10-27-25(33)34(23(17)35)20-8-4-2-6-18(20)26/h2-11,16H,12-15H2,1H3,(H,28,29,30). The van der Waals surface area contributed by atoms with Gasteiger partial charge in [0.05, 0.1) is 22.1 Å². The SMILES string of the molecule is CN1CCN(c2ccccc2Nc2ncc3c(=O)n(-c4ccccc4Cl)c4nccn4c3n2)CC1. The molecular weight excluding hydrogens is 464 g/mol. The van der Waals surface area contributed by atoms with E-state index in [4.69, 9.17) is 16.6 Å². The first-order chi connectivity index (χ1) is 17.1. The second-order valence-electron chi connectivity index (χ2n) is 8.55. The lowest BCUT2D eigenvalue weighted by atomic mass is 10.2. The van der Waals surface area contributed by atoms with Gasteiger partial charge in [-0.1, -0.05) is 35.9 Å². The van der Waals surface area contributed by atoms with Gasteiger partial charge in [0.2, 0.25) is 11.7 Å². The number of rotatable bonds is 4. The molecule has 0 radical (unpaired) electrons. The molecule has 6 rings (SSSR count). The van der Waals surface area contributed by atoms with Gasteiger partial charge in [0.25, 0.3) is 5.56 Å². The Morgan fingerprint density at radius 1 is 0.943 bits per heavy atom. The lowest BCUT2D eigenvalue weighted by Gasteiger charge is -2.35. The van der Waals surface area contributed by atoms with E-state index in [2.05, 4.69) is 38.2 Å². The smallest absolute Gasteiger partial charge is 0.270 e. The summed E-state index contributed by atoms with van der Waals surface area (Å²) >= 11 is 6.41. The number of benzene rings is 2. The molecule has 1 N–H and O–H groups in total. The van der Waals surface area contributed by atoms with E-state index in [0.29, 0.717) is 33.5 Å². The number of fused-ring (bicyclic) bond motifs is 3. The minimum atomic E-state index is -0.281. The fourth-order valence-electron chi connectivity index (χ4n) is 4.48. The number of hydrogen-bond acceptors (Lipinski definition) is 7. The molecule has 10 heteroatoms. The fraction of sp³-hybridized carbons (Fsp3) is 0.200. The van der Waals surface area contributed by atoms with Crippen LogP contribution in [0.1, 0.15) is 0 Å². The highest BCUT2D eigenvalue weighted by molar-refractivity contribution is 6.32. The molecule has 0 atom stereocenters. The Kier molecular flexibility index (Phi) is 5.35. The molecule has 0 aliphatic carbocycles. The summed E-state index contributed by atoms with van der Waals surface area (Å²) in [5, 5.41) is 4.19. The van der Waals surface area contributed by atoms with E-state index in [9.17, 15) is 4.79 Å².